The Bertz CT molecular complexity index is 346. The zero-order chi connectivity index (χ0) is 12.8. The van der Waals surface area contributed by atoms with E-state index < -0.39 is 6.10 Å². The van der Waals surface area contributed by atoms with E-state index >= 15 is 0 Å². The van der Waals surface area contributed by atoms with Crippen molar-refractivity contribution in [3.63, 3.8) is 0 Å². The minimum atomic E-state index is -0.556. The number of ether oxygens (including phenoxy) is 1. The molecule has 1 rings (SSSR count). The first-order valence-electron chi connectivity index (χ1n) is 5.68. The normalized spacial score (nSPS) is 14.9. The maximum Gasteiger partial charge on any atom is 0.127 e. The number of benzene rings is 1. The average molecular weight is 241 g/mol. The Morgan fingerprint density at radius 1 is 1.41 bits per heavy atom. The quantitative estimate of drug-likeness (QED) is 0.824. The van der Waals surface area contributed by atoms with Crippen molar-refractivity contribution in [1.29, 1.82) is 0 Å². The fraction of sp³-hybridized carbons (Fsp3) is 0.538. The maximum atomic E-state index is 13.6. The van der Waals surface area contributed by atoms with Crippen LogP contribution in [0.2, 0.25) is 0 Å². The first-order chi connectivity index (χ1) is 8.06. The van der Waals surface area contributed by atoms with Crippen molar-refractivity contribution in [3.05, 3.63) is 35.6 Å². The van der Waals surface area contributed by atoms with Crippen LogP contribution in [-0.4, -0.2) is 43.4 Å². The Morgan fingerprint density at radius 3 is 2.65 bits per heavy atom. The van der Waals surface area contributed by atoms with Gasteiger partial charge in [0.1, 0.15) is 5.82 Å². The van der Waals surface area contributed by atoms with E-state index in [2.05, 4.69) is 0 Å². The van der Waals surface area contributed by atoms with Crippen LogP contribution in [0.15, 0.2) is 24.3 Å². The van der Waals surface area contributed by atoms with E-state index in [9.17, 15) is 9.50 Å². The van der Waals surface area contributed by atoms with Gasteiger partial charge in [-0.15, -0.1) is 0 Å². The van der Waals surface area contributed by atoms with Gasteiger partial charge in [0.2, 0.25) is 0 Å². The van der Waals surface area contributed by atoms with Crippen molar-refractivity contribution < 1.29 is 14.2 Å². The van der Waals surface area contributed by atoms with E-state index in [4.69, 9.17) is 4.74 Å². The number of likely N-dealkylation sites (N-methyl/N-ethyl adjacent to an activating group) is 1. The van der Waals surface area contributed by atoms with Gasteiger partial charge in [0, 0.05) is 25.3 Å². The van der Waals surface area contributed by atoms with Crippen molar-refractivity contribution in [2.75, 3.05) is 27.3 Å². The van der Waals surface area contributed by atoms with Crippen molar-refractivity contribution in [3.8, 4) is 0 Å². The van der Waals surface area contributed by atoms with E-state index in [-0.39, 0.29) is 18.5 Å². The standard InChI is InChI=1S/C13H20FNO2/c1-10(12-6-4-5-7-13(12)14)15(2)8-11(16)9-17-3/h4-7,10-11,16H,8-9H2,1-3H3/t10-,11+/m0/s1. The van der Waals surface area contributed by atoms with Crippen LogP contribution in [0.1, 0.15) is 18.5 Å². The molecule has 0 unspecified atom stereocenters. The number of aliphatic hydroxyl groups is 1. The summed E-state index contributed by atoms with van der Waals surface area (Å²) >= 11 is 0. The van der Waals surface area contributed by atoms with Gasteiger partial charge in [-0.2, -0.15) is 0 Å². The molecule has 17 heavy (non-hydrogen) atoms. The summed E-state index contributed by atoms with van der Waals surface area (Å²) in [6, 6.07) is 6.62. The predicted molar refractivity (Wildman–Crippen MR) is 65.3 cm³/mol. The molecule has 0 heterocycles. The van der Waals surface area contributed by atoms with Crippen LogP contribution in [-0.2, 0) is 4.74 Å². The first kappa shape index (κ1) is 14.1. The summed E-state index contributed by atoms with van der Waals surface area (Å²) in [6.45, 7) is 2.65. The molecule has 0 radical (unpaired) electrons. The molecular formula is C13H20FNO2. The predicted octanol–water partition coefficient (Wildman–Crippen LogP) is 1.83. The van der Waals surface area contributed by atoms with Crippen LogP contribution in [0.4, 0.5) is 4.39 Å². The molecule has 3 nitrogen and oxygen atoms in total. The Morgan fingerprint density at radius 2 is 2.06 bits per heavy atom. The molecule has 0 aliphatic heterocycles. The van der Waals surface area contributed by atoms with Crippen molar-refractivity contribution >= 4 is 0 Å². The zero-order valence-corrected chi connectivity index (χ0v) is 10.6. The highest BCUT2D eigenvalue weighted by molar-refractivity contribution is 5.20. The van der Waals surface area contributed by atoms with E-state index in [0.717, 1.165) is 0 Å². The molecular weight excluding hydrogens is 221 g/mol. The minimum absolute atomic E-state index is 0.0808. The maximum absolute atomic E-state index is 13.6. The van der Waals surface area contributed by atoms with E-state index in [1.165, 1.54) is 6.07 Å². The molecule has 4 heteroatoms. The summed E-state index contributed by atoms with van der Waals surface area (Å²) in [4.78, 5) is 1.90. The zero-order valence-electron chi connectivity index (χ0n) is 10.6. The van der Waals surface area contributed by atoms with Crippen LogP contribution in [0.25, 0.3) is 0 Å². The second-order valence-corrected chi connectivity index (χ2v) is 4.25. The third-order valence-corrected chi connectivity index (χ3v) is 2.87. The highest BCUT2D eigenvalue weighted by Gasteiger charge is 2.17. The van der Waals surface area contributed by atoms with Gasteiger partial charge in [0.25, 0.3) is 0 Å². The Kier molecular flexibility index (Phi) is 5.55. The molecule has 0 saturated heterocycles. The lowest BCUT2D eigenvalue weighted by Crippen LogP contribution is -2.34. The van der Waals surface area contributed by atoms with Gasteiger partial charge in [-0.25, -0.2) is 4.39 Å². The number of methoxy groups -OCH3 is 1. The third-order valence-electron chi connectivity index (χ3n) is 2.87. The molecule has 2 atom stereocenters. The largest absolute Gasteiger partial charge is 0.389 e. The highest BCUT2D eigenvalue weighted by Crippen LogP contribution is 2.21. The second kappa shape index (κ2) is 6.69. The summed E-state index contributed by atoms with van der Waals surface area (Å²) in [7, 11) is 3.40. The number of nitrogens with zero attached hydrogens (tertiary/aromatic N) is 1. The Hall–Kier alpha value is -0.970. The number of rotatable bonds is 6. The smallest absolute Gasteiger partial charge is 0.127 e. The lowest BCUT2D eigenvalue weighted by molar-refractivity contribution is 0.0354. The lowest BCUT2D eigenvalue weighted by Gasteiger charge is -2.27. The number of hydrogen-bond acceptors (Lipinski definition) is 3. The van der Waals surface area contributed by atoms with Crippen molar-refractivity contribution in [1.82, 2.24) is 4.90 Å². The fourth-order valence-corrected chi connectivity index (χ4v) is 1.79. The molecule has 0 fully saturated rings. The summed E-state index contributed by atoms with van der Waals surface area (Å²) < 4.78 is 18.4. The topological polar surface area (TPSA) is 32.7 Å². The second-order valence-electron chi connectivity index (χ2n) is 4.25. The molecule has 0 amide bonds. The van der Waals surface area contributed by atoms with Gasteiger partial charge in [0.15, 0.2) is 0 Å². The van der Waals surface area contributed by atoms with Crippen LogP contribution >= 0.6 is 0 Å². The van der Waals surface area contributed by atoms with E-state index in [1.807, 2.05) is 24.9 Å². The van der Waals surface area contributed by atoms with Gasteiger partial charge >= 0.3 is 0 Å². The summed E-state index contributed by atoms with van der Waals surface area (Å²) in [6.07, 6.45) is -0.556. The van der Waals surface area contributed by atoms with Gasteiger partial charge in [0.05, 0.1) is 12.7 Å². The number of hydrogen-bond donors (Lipinski definition) is 1. The molecule has 0 spiro atoms. The SMILES string of the molecule is COC[C@H](O)CN(C)[C@@H](C)c1ccccc1F. The Labute approximate surface area is 102 Å². The van der Waals surface area contributed by atoms with Crippen LogP contribution in [0.5, 0.6) is 0 Å². The third kappa shape index (κ3) is 4.07. The minimum Gasteiger partial charge on any atom is -0.389 e. The van der Waals surface area contributed by atoms with Gasteiger partial charge in [-0.3, -0.25) is 4.90 Å². The van der Waals surface area contributed by atoms with Crippen LogP contribution in [0.3, 0.4) is 0 Å². The molecule has 96 valence electrons. The van der Waals surface area contributed by atoms with Gasteiger partial charge < -0.3 is 9.84 Å². The fourth-order valence-electron chi connectivity index (χ4n) is 1.79. The molecule has 0 aliphatic rings. The van der Waals surface area contributed by atoms with Gasteiger partial charge in [-0.05, 0) is 20.0 Å². The molecule has 0 bridgehead atoms. The molecule has 0 saturated carbocycles. The summed E-state index contributed by atoms with van der Waals surface area (Å²) in [5.74, 6) is -0.215. The van der Waals surface area contributed by atoms with Gasteiger partial charge in [-0.1, -0.05) is 18.2 Å². The first-order valence-corrected chi connectivity index (χ1v) is 5.68. The summed E-state index contributed by atoms with van der Waals surface area (Å²) in [5, 5.41) is 9.62. The van der Waals surface area contributed by atoms with Crippen LogP contribution in [0, 0.1) is 5.82 Å². The van der Waals surface area contributed by atoms with Crippen molar-refractivity contribution in [2.45, 2.75) is 19.1 Å². The monoisotopic (exact) mass is 241 g/mol. The van der Waals surface area contributed by atoms with E-state index in [1.54, 1.807) is 19.2 Å². The van der Waals surface area contributed by atoms with Crippen LogP contribution < -0.4 is 0 Å². The molecule has 1 N–H and O–H groups in total. The molecule has 0 aliphatic carbocycles. The molecule has 0 aromatic heterocycles. The molecule has 1 aromatic rings. The van der Waals surface area contributed by atoms with E-state index in [0.29, 0.717) is 12.1 Å². The lowest BCUT2D eigenvalue weighted by atomic mass is 10.1. The number of aliphatic hydroxyl groups excluding tert-OH is 1. The highest BCUT2D eigenvalue weighted by atomic mass is 19.1. The average Bonchev–Trinajstić information content (AvgIpc) is 2.29. The molecule has 1 aromatic carbocycles. The van der Waals surface area contributed by atoms with Crippen molar-refractivity contribution in [2.24, 2.45) is 0 Å². The summed E-state index contributed by atoms with van der Waals surface area (Å²) in [5.41, 5.74) is 0.639. The Balaban J connectivity index is 2.63. The number of halogens is 1.